The summed E-state index contributed by atoms with van der Waals surface area (Å²) >= 11 is 6.95. The van der Waals surface area contributed by atoms with Crippen LogP contribution >= 0.6 is 31.9 Å². The molecule has 86 valence electrons. The second kappa shape index (κ2) is 3.82. The summed E-state index contributed by atoms with van der Waals surface area (Å²) in [6.45, 7) is 0. The van der Waals surface area contributed by atoms with Gasteiger partial charge in [0.25, 0.3) is 0 Å². The first kappa shape index (κ1) is 11.2. The molecule has 17 heavy (non-hydrogen) atoms. The van der Waals surface area contributed by atoms with Crippen molar-refractivity contribution in [2.24, 2.45) is 0 Å². The summed E-state index contributed by atoms with van der Waals surface area (Å²) in [5.41, 5.74) is 11.0. The fraction of sp³-hybridized carbons (Fsp3) is 0.0769. The van der Waals surface area contributed by atoms with Gasteiger partial charge in [0.15, 0.2) is 0 Å². The maximum absolute atomic E-state index is 13.2. The van der Waals surface area contributed by atoms with E-state index in [1.807, 2.05) is 12.1 Å². The van der Waals surface area contributed by atoms with E-state index in [9.17, 15) is 4.39 Å². The second-order valence-electron chi connectivity index (χ2n) is 4.09. The Kier molecular flexibility index (Phi) is 2.52. The Balaban J connectivity index is 2.30. The normalized spacial score (nSPS) is 12.4. The van der Waals surface area contributed by atoms with Crippen LogP contribution in [0.4, 0.5) is 10.1 Å². The lowest BCUT2D eigenvalue weighted by Gasteiger charge is -2.08. The lowest BCUT2D eigenvalue weighted by molar-refractivity contribution is 0.626. The average molecular weight is 357 g/mol. The quantitative estimate of drug-likeness (QED) is 0.589. The van der Waals surface area contributed by atoms with Crippen LogP contribution in [-0.2, 0) is 6.42 Å². The van der Waals surface area contributed by atoms with Crippen LogP contribution in [0.1, 0.15) is 11.1 Å². The Bertz CT molecular complexity index is 638. The van der Waals surface area contributed by atoms with Crippen LogP contribution in [0.2, 0.25) is 0 Å². The first-order valence-electron chi connectivity index (χ1n) is 5.13. The van der Waals surface area contributed by atoms with Gasteiger partial charge in [-0.15, -0.1) is 0 Å². The Morgan fingerprint density at radius 2 is 1.88 bits per heavy atom. The molecule has 0 bridgehead atoms. The van der Waals surface area contributed by atoms with Gasteiger partial charge in [0.1, 0.15) is 5.82 Å². The Labute approximate surface area is 115 Å². The number of rotatable bonds is 0. The molecule has 2 N–H and O–H groups in total. The zero-order chi connectivity index (χ0) is 12.2. The summed E-state index contributed by atoms with van der Waals surface area (Å²) in [4.78, 5) is 0. The zero-order valence-corrected chi connectivity index (χ0v) is 11.9. The van der Waals surface area contributed by atoms with Crippen molar-refractivity contribution in [3.63, 3.8) is 0 Å². The summed E-state index contributed by atoms with van der Waals surface area (Å²) < 4.78 is 15.0. The van der Waals surface area contributed by atoms with E-state index >= 15 is 0 Å². The highest BCUT2D eigenvalue weighted by molar-refractivity contribution is 9.11. The molecule has 1 aliphatic carbocycles. The molecule has 0 aromatic heterocycles. The average Bonchev–Trinajstić information content (AvgIpc) is 2.64. The number of hydrogen-bond donors (Lipinski definition) is 1. The van der Waals surface area contributed by atoms with Gasteiger partial charge in [-0.3, -0.25) is 0 Å². The predicted octanol–water partition coefficient (Wildman–Crippen LogP) is 4.50. The first-order valence-corrected chi connectivity index (χ1v) is 6.71. The molecule has 0 atom stereocenters. The fourth-order valence-corrected chi connectivity index (χ4v) is 3.51. The Morgan fingerprint density at radius 1 is 1.12 bits per heavy atom. The highest BCUT2D eigenvalue weighted by Crippen LogP contribution is 2.45. The summed E-state index contributed by atoms with van der Waals surface area (Å²) in [5, 5.41) is 0. The predicted molar refractivity (Wildman–Crippen MR) is 74.5 cm³/mol. The number of benzene rings is 2. The maximum Gasteiger partial charge on any atom is 0.123 e. The van der Waals surface area contributed by atoms with E-state index in [4.69, 9.17) is 5.73 Å². The smallest absolute Gasteiger partial charge is 0.123 e. The molecule has 0 heterocycles. The molecule has 4 heteroatoms. The van der Waals surface area contributed by atoms with Crippen molar-refractivity contribution >= 4 is 37.5 Å². The van der Waals surface area contributed by atoms with Crippen LogP contribution in [-0.4, -0.2) is 0 Å². The molecule has 0 unspecified atom stereocenters. The van der Waals surface area contributed by atoms with E-state index in [1.165, 1.54) is 6.07 Å². The minimum atomic E-state index is -0.195. The Hall–Kier alpha value is -0.870. The van der Waals surface area contributed by atoms with Gasteiger partial charge in [0, 0.05) is 8.95 Å². The van der Waals surface area contributed by atoms with E-state index in [1.54, 1.807) is 6.07 Å². The van der Waals surface area contributed by atoms with Crippen LogP contribution in [0.3, 0.4) is 0 Å². The number of halogens is 3. The molecule has 2 aromatic rings. The third-order valence-electron chi connectivity index (χ3n) is 3.08. The van der Waals surface area contributed by atoms with Crippen molar-refractivity contribution in [2.75, 3.05) is 5.73 Å². The van der Waals surface area contributed by atoms with E-state index in [0.717, 1.165) is 37.6 Å². The molecule has 0 aliphatic heterocycles. The van der Waals surface area contributed by atoms with Crippen LogP contribution in [0.25, 0.3) is 11.1 Å². The van der Waals surface area contributed by atoms with Crippen molar-refractivity contribution in [3.8, 4) is 11.1 Å². The van der Waals surface area contributed by atoms with Crippen molar-refractivity contribution in [1.82, 2.24) is 0 Å². The zero-order valence-electron chi connectivity index (χ0n) is 8.73. The van der Waals surface area contributed by atoms with Crippen molar-refractivity contribution in [2.45, 2.75) is 6.42 Å². The van der Waals surface area contributed by atoms with Gasteiger partial charge in [0.05, 0.1) is 5.69 Å². The van der Waals surface area contributed by atoms with Gasteiger partial charge in [-0.25, -0.2) is 4.39 Å². The number of nitrogen functional groups attached to an aromatic ring is 1. The third kappa shape index (κ3) is 1.62. The van der Waals surface area contributed by atoms with Crippen LogP contribution in [0, 0.1) is 5.82 Å². The molecule has 1 aliphatic rings. The molecule has 0 saturated heterocycles. The number of nitrogens with two attached hydrogens (primary N) is 1. The molecule has 3 rings (SSSR count). The van der Waals surface area contributed by atoms with Gasteiger partial charge < -0.3 is 5.73 Å². The standard InChI is InChI=1S/C13H8Br2FN/c14-11-5-9-8-2-1-7(16)3-6(8)4-10(9)12(15)13(11)17/h1-3,5H,4,17H2. The summed E-state index contributed by atoms with van der Waals surface area (Å²) in [7, 11) is 0. The molecule has 0 fully saturated rings. The van der Waals surface area contributed by atoms with Crippen molar-refractivity contribution in [1.29, 1.82) is 0 Å². The van der Waals surface area contributed by atoms with Gasteiger partial charge in [-0.2, -0.15) is 0 Å². The fourth-order valence-electron chi connectivity index (χ4n) is 2.25. The molecule has 0 amide bonds. The van der Waals surface area contributed by atoms with Crippen LogP contribution in [0.15, 0.2) is 33.2 Å². The van der Waals surface area contributed by atoms with E-state index < -0.39 is 0 Å². The van der Waals surface area contributed by atoms with Crippen LogP contribution in [0.5, 0.6) is 0 Å². The molecule has 2 aromatic carbocycles. The molecule has 1 nitrogen and oxygen atoms in total. The second-order valence-corrected chi connectivity index (χ2v) is 5.74. The van der Waals surface area contributed by atoms with Gasteiger partial charge in [-0.05, 0) is 78.7 Å². The van der Waals surface area contributed by atoms with Crippen molar-refractivity contribution < 1.29 is 4.39 Å². The highest BCUT2D eigenvalue weighted by Gasteiger charge is 2.23. The SMILES string of the molecule is Nc1c(Br)cc2c(c1Br)Cc1cc(F)ccc1-2. The highest BCUT2D eigenvalue weighted by atomic mass is 79.9. The summed E-state index contributed by atoms with van der Waals surface area (Å²) in [6.07, 6.45) is 0.723. The number of fused-ring (bicyclic) bond motifs is 3. The summed E-state index contributed by atoms with van der Waals surface area (Å²) in [6, 6.07) is 6.91. The topological polar surface area (TPSA) is 26.0 Å². The summed E-state index contributed by atoms with van der Waals surface area (Å²) in [5.74, 6) is -0.195. The van der Waals surface area contributed by atoms with Gasteiger partial charge in [0.2, 0.25) is 0 Å². The van der Waals surface area contributed by atoms with Gasteiger partial charge in [-0.1, -0.05) is 6.07 Å². The van der Waals surface area contributed by atoms with E-state index in [-0.39, 0.29) is 5.82 Å². The lowest BCUT2D eigenvalue weighted by Crippen LogP contribution is -1.93. The Morgan fingerprint density at radius 3 is 2.65 bits per heavy atom. The minimum Gasteiger partial charge on any atom is -0.397 e. The largest absolute Gasteiger partial charge is 0.397 e. The maximum atomic E-state index is 13.2. The molecule has 0 spiro atoms. The first-order chi connectivity index (χ1) is 8.08. The monoisotopic (exact) mass is 355 g/mol. The lowest BCUT2D eigenvalue weighted by atomic mass is 10.1. The van der Waals surface area contributed by atoms with E-state index in [2.05, 4.69) is 31.9 Å². The molecular formula is C13H8Br2FN. The van der Waals surface area contributed by atoms with Gasteiger partial charge >= 0.3 is 0 Å². The van der Waals surface area contributed by atoms with E-state index in [0.29, 0.717) is 5.69 Å². The molecule has 0 saturated carbocycles. The third-order valence-corrected chi connectivity index (χ3v) is 4.64. The van der Waals surface area contributed by atoms with Crippen LogP contribution < -0.4 is 5.73 Å². The molecular weight excluding hydrogens is 349 g/mol. The number of hydrogen-bond acceptors (Lipinski definition) is 1. The minimum absolute atomic E-state index is 0.195. The number of anilines is 1. The van der Waals surface area contributed by atoms with Crippen molar-refractivity contribution in [3.05, 3.63) is 50.2 Å². The molecule has 0 radical (unpaired) electrons.